The standard InChI is InChI=1S/3C6H6N4.Co.H3O4P/c3*1-2-8-5(7-1)6-9-3-4-10-6;;1-5(2,3)4/h3*1-4H,(H,7,8)(H,9,10);;(H3,1,2,3,4)/q;;;+2;/p-2. The average Bonchev–Trinajstić information content (AvgIpc) is 3.70. The Labute approximate surface area is 213 Å². The van der Waals surface area contributed by atoms with Crippen LogP contribution in [0.25, 0.3) is 34.9 Å². The summed E-state index contributed by atoms with van der Waals surface area (Å²) in [4.78, 5) is 65.9. The number of aromatic nitrogens is 12. The van der Waals surface area contributed by atoms with E-state index in [1.54, 1.807) is 74.4 Å². The van der Waals surface area contributed by atoms with Gasteiger partial charge < -0.3 is 49.1 Å². The van der Waals surface area contributed by atoms with E-state index in [1.807, 2.05) is 0 Å². The van der Waals surface area contributed by atoms with Crippen molar-refractivity contribution >= 4 is 7.82 Å². The third kappa shape index (κ3) is 10.0. The molecule has 0 fully saturated rings. The number of nitrogens with zero attached hydrogens (tertiary/aromatic N) is 6. The molecular formula is C18H19CoN12O4P. The van der Waals surface area contributed by atoms with Crippen LogP contribution in [0.1, 0.15) is 0 Å². The van der Waals surface area contributed by atoms with Gasteiger partial charge in [-0.25, -0.2) is 29.9 Å². The first-order valence-electron chi connectivity index (χ1n) is 9.62. The van der Waals surface area contributed by atoms with Gasteiger partial charge in [-0.05, 0) is 0 Å². The molecule has 0 spiro atoms. The van der Waals surface area contributed by atoms with E-state index in [-0.39, 0.29) is 16.8 Å². The molecule has 16 nitrogen and oxygen atoms in total. The first kappa shape index (κ1) is 28.1. The van der Waals surface area contributed by atoms with Gasteiger partial charge >= 0.3 is 16.8 Å². The van der Waals surface area contributed by atoms with Gasteiger partial charge in [0.15, 0.2) is 34.9 Å². The Morgan fingerprint density at radius 1 is 0.500 bits per heavy atom. The maximum atomic E-state index is 8.66. The summed E-state index contributed by atoms with van der Waals surface area (Å²) in [6.07, 6.45) is 20.7. The maximum Gasteiger partial charge on any atom is 2.00 e. The molecule has 0 saturated heterocycles. The minimum absolute atomic E-state index is 0. The fraction of sp³-hybridized carbons (Fsp3) is 0. The molecule has 0 aliphatic carbocycles. The van der Waals surface area contributed by atoms with Crippen LogP contribution in [0.4, 0.5) is 0 Å². The van der Waals surface area contributed by atoms with Gasteiger partial charge in [0.25, 0.3) is 0 Å². The molecule has 0 bridgehead atoms. The van der Waals surface area contributed by atoms with Gasteiger partial charge in [-0.15, -0.1) is 0 Å². The van der Waals surface area contributed by atoms with Crippen molar-refractivity contribution in [1.29, 1.82) is 0 Å². The first-order chi connectivity index (χ1) is 16.9. The molecule has 6 aromatic rings. The predicted octanol–water partition coefficient (Wildman–Crippen LogP) is 0.204. The largest absolute Gasteiger partial charge is 2.00 e. The molecule has 7 N–H and O–H groups in total. The van der Waals surface area contributed by atoms with Crippen molar-refractivity contribution in [3.63, 3.8) is 0 Å². The zero-order valence-electron chi connectivity index (χ0n) is 18.1. The molecule has 6 rings (SSSR count). The van der Waals surface area contributed by atoms with E-state index in [0.29, 0.717) is 0 Å². The van der Waals surface area contributed by atoms with Crippen LogP contribution in [-0.2, 0) is 21.3 Å². The first-order valence-corrected chi connectivity index (χ1v) is 11.1. The van der Waals surface area contributed by atoms with E-state index < -0.39 is 7.82 Å². The van der Waals surface area contributed by atoms with Crippen LogP contribution < -0.4 is 9.79 Å². The Morgan fingerprint density at radius 3 is 0.722 bits per heavy atom. The van der Waals surface area contributed by atoms with Gasteiger partial charge in [0.1, 0.15) is 0 Å². The molecule has 1 radical (unpaired) electrons. The number of H-pyrrole nitrogens is 6. The molecule has 189 valence electrons. The van der Waals surface area contributed by atoms with Crippen LogP contribution >= 0.6 is 7.82 Å². The second-order valence-electron chi connectivity index (χ2n) is 6.10. The molecule has 0 aromatic carbocycles. The third-order valence-electron chi connectivity index (χ3n) is 3.66. The Hall–Kier alpha value is -4.12. The number of imidazole rings is 6. The van der Waals surface area contributed by atoms with Gasteiger partial charge in [0.05, 0.1) is 7.82 Å². The molecular weight excluding hydrogens is 538 g/mol. The molecule has 0 aliphatic heterocycles. The maximum absolute atomic E-state index is 8.66. The van der Waals surface area contributed by atoms with Crippen molar-refractivity contribution in [3.05, 3.63) is 74.4 Å². The summed E-state index contributed by atoms with van der Waals surface area (Å²) in [5.41, 5.74) is 0. The third-order valence-corrected chi connectivity index (χ3v) is 3.66. The van der Waals surface area contributed by atoms with Crippen molar-refractivity contribution in [3.8, 4) is 34.9 Å². The van der Waals surface area contributed by atoms with Gasteiger partial charge in [-0.2, -0.15) is 0 Å². The van der Waals surface area contributed by atoms with Crippen LogP contribution in [0.2, 0.25) is 0 Å². The van der Waals surface area contributed by atoms with Crippen molar-refractivity contribution in [1.82, 2.24) is 59.8 Å². The molecule has 36 heavy (non-hydrogen) atoms. The number of nitrogens with one attached hydrogen (secondary N) is 6. The number of hydrogen-bond acceptors (Lipinski definition) is 9. The molecule has 0 saturated carbocycles. The Bertz CT molecular complexity index is 1070. The Balaban J connectivity index is 0.000000172. The van der Waals surface area contributed by atoms with E-state index in [1.165, 1.54) is 0 Å². The SMILES string of the molecule is O=P([O-])([O-])O.[Co+2].c1c[nH]c(-c2ncc[nH]2)n1.c1c[nH]c(-c2ncc[nH]2)n1.c1c[nH]c(-c2ncc[nH]2)n1. The number of hydrogen-bond donors (Lipinski definition) is 7. The Morgan fingerprint density at radius 2 is 0.639 bits per heavy atom. The summed E-state index contributed by atoms with van der Waals surface area (Å²) in [6, 6.07) is 0. The number of rotatable bonds is 3. The molecule has 6 aromatic heterocycles. The summed E-state index contributed by atoms with van der Waals surface area (Å²) >= 11 is 0. The van der Waals surface area contributed by atoms with Gasteiger partial charge in [0.2, 0.25) is 0 Å². The fourth-order valence-corrected chi connectivity index (χ4v) is 2.37. The van der Waals surface area contributed by atoms with Gasteiger partial charge in [-0.1, -0.05) is 0 Å². The van der Waals surface area contributed by atoms with Crippen LogP contribution in [0.5, 0.6) is 0 Å². The fourth-order valence-electron chi connectivity index (χ4n) is 2.37. The van der Waals surface area contributed by atoms with Crippen LogP contribution in [-0.4, -0.2) is 64.7 Å². The van der Waals surface area contributed by atoms with Crippen molar-refractivity contribution in [2.75, 3.05) is 0 Å². The summed E-state index contributed by atoms with van der Waals surface area (Å²) < 4.78 is 8.66. The molecule has 0 unspecified atom stereocenters. The zero-order chi connectivity index (χ0) is 24.9. The van der Waals surface area contributed by atoms with Crippen LogP contribution in [0.3, 0.4) is 0 Å². The molecule has 0 amide bonds. The molecule has 6 heterocycles. The summed E-state index contributed by atoms with van der Waals surface area (Å²) in [7, 11) is -5.14. The van der Waals surface area contributed by atoms with E-state index in [2.05, 4.69) is 59.8 Å². The van der Waals surface area contributed by atoms with Crippen LogP contribution in [0, 0.1) is 0 Å². The molecule has 0 atom stereocenters. The monoisotopic (exact) mass is 557 g/mol. The normalized spacial score (nSPS) is 9.97. The van der Waals surface area contributed by atoms with E-state index in [4.69, 9.17) is 19.2 Å². The average molecular weight is 557 g/mol. The summed E-state index contributed by atoms with van der Waals surface area (Å²) in [6.45, 7) is 0. The second-order valence-corrected chi connectivity index (χ2v) is 7.03. The second kappa shape index (κ2) is 14.3. The van der Waals surface area contributed by atoms with Crippen molar-refractivity contribution in [2.24, 2.45) is 0 Å². The Kier molecular flexibility index (Phi) is 11.2. The van der Waals surface area contributed by atoms with Gasteiger partial charge in [0, 0.05) is 74.4 Å². The van der Waals surface area contributed by atoms with Crippen molar-refractivity contribution in [2.45, 2.75) is 0 Å². The summed E-state index contributed by atoms with van der Waals surface area (Å²) in [5, 5.41) is 0. The zero-order valence-corrected chi connectivity index (χ0v) is 20.0. The van der Waals surface area contributed by atoms with Gasteiger partial charge in [-0.3, -0.25) is 0 Å². The molecule has 18 heteroatoms. The van der Waals surface area contributed by atoms with E-state index in [0.717, 1.165) is 34.9 Å². The minimum atomic E-state index is -5.14. The predicted molar refractivity (Wildman–Crippen MR) is 118 cm³/mol. The number of aromatic amines is 6. The topological polar surface area (TPSA) is 256 Å². The van der Waals surface area contributed by atoms with Crippen molar-refractivity contribution < 1.29 is 36.0 Å². The van der Waals surface area contributed by atoms with E-state index >= 15 is 0 Å². The number of phosphoric acid groups is 1. The smallest absolute Gasteiger partial charge is 0.790 e. The minimum Gasteiger partial charge on any atom is -0.790 e. The van der Waals surface area contributed by atoms with E-state index in [9.17, 15) is 0 Å². The summed E-state index contributed by atoms with van der Waals surface area (Å²) in [5.74, 6) is 4.61. The quantitative estimate of drug-likeness (QED) is 0.145. The molecule has 0 aliphatic rings. The van der Waals surface area contributed by atoms with Crippen LogP contribution in [0.15, 0.2) is 74.4 Å².